The molecule has 0 N–H and O–H groups in total. The molecule has 0 aromatic carbocycles. The minimum absolute atomic E-state index is 0.562. The van der Waals surface area contributed by atoms with Crippen LogP contribution in [0.25, 0.3) is 0 Å². The standard InChI is InChI=1S/C10H16ClN3/c1-5-8-12-9(11)7(3)10(13-8)14(4)6-2/h5-6H2,1-4H3. The van der Waals surface area contributed by atoms with Crippen molar-refractivity contribution in [3.05, 3.63) is 16.5 Å². The molecule has 0 radical (unpaired) electrons. The Morgan fingerprint density at radius 3 is 2.43 bits per heavy atom. The highest BCUT2D eigenvalue weighted by Crippen LogP contribution is 2.22. The summed E-state index contributed by atoms with van der Waals surface area (Å²) in [7, 11) is 2.01. The molecule has 0 fully saturated rings. The quantitative estimate of drug-likeness (QED) is 0.723. The van der Waals surface area contributed by atoms with Crippen molar-refractivity contribution < 1.29 is 0 Å². The van der Waals surface area contributed by atoms with Crippen LogP contribution in [-0.2, 0) is 6.42 Å². The van der Waals surface area contributed by atoms with E-state index in [4.69, 9.17) is 11.6 Å². The van der Waals surface area contributed by atoms with Gasteiger partial charge in [0.15, 0.2) is 0 Å². The number of hydrogen-bond donors (Lipinski definition) is 0. The van der Waals surface area contributed by atoms with Gasteiger partial charge in [0.2, 0.25) is 0 Å². The summed E-state index contributed by atoms with van der Waals surface area (Å²) < 4.78 is 0. The second kappa shape index (κ2) is 4.60. The maximum Gasteiger partial charge on any atom is 0.137 e. The van der Waals surface area contributed by atoms with Crippen molar-refractivity contribution in [2.75, 3.05) is 18.5 Å². The highest BCUT2D eigenvalue weighted by atomic mass is 35.5. The van der Waals surface area contributed by atoms with Gasteiger partial charge >= 0.3 is 0 Å². The van der Waals surface area contributed by atoms with Crippen LogP contribution >= 0.6 is 11.6 Å². The number of rotatable bonds is 3. The molecular formula is C10H16ClN3. The lowest BCUT2D eigenvalue weighted by molar-refractivity contribution is 0.870. The van der Waals surface area contributed by atoms with Gasteiger partial charge in [-0.3, -0.25) is 0 Å². The van der Waals surface area contributed by atoms with Crippen molar-refractivity contribution in [1.29, 1.82) is 0 Å². The van der Waals surface area contributed by atoms with Crippen molar-refractivity contribution >= 4 is 17.4 Å². The van der Waals surface area contributed by atoms with Crippen LogP contribution in [0.1, 0.15) is 25.2 Å². The van der Waals surface area contributed by atoms with Gasteiger partial charge in [0.25, 0.3) is 0 Å². The number of aryl methyl sites for hydroxylation is 1. The van der Waals surface area contributed by atoms with Crippen LogP contribution in [0.15, 0.2) is 0 Å². The van der Waals surface area contributed by atoms with E-state index >= 15 is 0 Å². The first-order valence-corrected chi connectivity index (χ1v) is 5.22. The zero-order chi connectivity index (χ0) is 10.7. The van der Waals surface area contributed by atoms with Gasteiger partial charge in [-0.1, -0.05) is 18.5 Å². The topological polar surface area (TPSA) is 29.0 Å². The summed E-state index contributed by atoms with van der Waals surface area (Å²) in [5, 5.41) is 0.562. The lowest BCUT2D eigenvalue weighted by atomic mass is 10.3. The highest BCUT2D eigenvalue weighted by molar-refractivity contribution is 6.30. The number of hydrogen-bond acceptors (Lipinski definition) is 3. The molecule has 0 unspecified atom stereocenters. The van der Waals surface area contributed by atoms with Gasteiger partial charge in [-0.15, -0.1) is 0 Å². The molecule has 0 aliphatic rings. The van der Waals surface area contributed by atoms with E-state index in [1.807, 2.05) is 20.9 Å². The molecule has 1 aromatic rings. The summed E-state index contributed by atoms with van der Waals surface area (Å²) in [6.45, 7) is 6.97. The number of nitrogens with zero attached hydrogens (tertiary/aromatic N) is 3. The number of anilines is 1. The van der Waals surface area contributed by atoms with E-state index in [1.165, 1.54) is 0 Å². The Labute approximate surface area is 90.1 Å². The second-order valence-electron chi connectivity index (χ2n) is 3.25. The molecule has 0 aliphatic carbocycles. The van der Waals surface area contributed by atoms with E-state index < -0.39 is 0 Å². The Bertz CT molecular complexity index is 325. The van der Waals surface area contributed by atoms with Crippen LogP contribution in [0.3, 0.4) is 0 Å². The van der Waals surface area contributed by atoms with Crippen LogP contribution in [0.4, 0.5) is 5.82 Å². The molecule has 0 aliphatic heterocycles. The Morgan fingerprint density at radius 2 is 1.93 bits per heavy atom. The summed E-state index contributed by atoms with van der Waals surface area (Å²) >= 11 is 6.02. The third-order valence-electron chi connectivity index (χ3n) is 2.26. The van der Waals surface area contributed by atoms with Gasteiger partial charge in [-0.2, -0.15) is 0 Å². The fourth-order valence-corrected chi connectivity index (χ4v) is 1.38. The molecule has 1 heterocycles. The first-order chi connectivity index (χ1) is 6.60. The van der Waals surface area contributed by atoms with Crippen molar-refractivity contribution in [2.45, 2.75) is 27.2 Å². The first kappa shape index (κ1) is 11.2. The molecule has 0 amide bonds. The number of halogens is 1. The monoisotopic (exact) mass is 213 g/mol. The average molecular weight is 214 g/mol. The van der Waals surface area contributed by atoms with Gasteiger partial charge in [0, 0.05) is 25.6 Å². The number of aromatic nitrogens is 2. The molecule has 1 rings (SSSR count). The zero-order valence-corrected chi connectivity index (χ0v) is 9.89. The fraction of sp³-hybridized carbons (Fsp3) is 0.600. The third kappa shape index (κ3) is 2.15. The smallest absolute Gasteiger partial charge is 0.137 e. The predicted octanol–water partition coefficient (Wildman–Crippen LogP) is 2.46. The minimum Gasteiger partial charge on any atom is -0.360 e. The van der Waals surface area contributed by atoms with Crippen LogP contribution in [0.5, 0.6) is 0 Å². The normalized spacial score (nSPS) is 10.4. The van der Waals surface area contributed by atoms with E-state index in [-0.39, 0.29) is 0 Å². The van der Waals surface area contributed by atoms with Crippen molar-refractivity contribution in [3.63, 3.8) is 0 Å². The molecule has 1 aromatic heterocycles. The SMILES string of the molecule is CCc1nc(Cl)c(C)c(N(C)CC)n1. The minimum atomic E-state index is 0.562. The lowest BCUT2D eigenvalue weighted by Crippen LogP contribution is -2.19. The molecule has 0 saturated heterocycles. The maximum absolute atomic E-state index is 6.02. The van der Waals surface area contributed by atoms with Gasteiger partial charge in [0.1, 0.15) is 16.8 Å². The highest BCUT2D eigenvalue weighted by Gasteiger charge is 2.10. The first-order valence-electron chi connectivity index (χ1n) is 4.84. The predicted molar refractivity (Wildman–Crippen MR) is 60.1 cm³/mol. The van der Waals surface area contributed by atoms with E-state index in [0.29, 0.717) is 5.15 Å². The molecule has 78 valence electrons. The molecular weight excluding hydrogens is 198 g/mol. The van der Waals surface area contributed by atoms with E-state index in [0.717, 1.165) is 30.2 Å². The van der Waals surface area contributed by atoms with Gasteiger partial charge in [-0.25, -0.2) is 9.97 Å². The molecule has 0 saturated carbocycles. The second-order valence-corrected chi connectivity index (χ2v) is 3.60. The van der Waals surface area contributed by atoms with Crippen molar-refractivity contribution in [3.8, 4) is 0 Å². The summed E-state index contributed by atoms with van der Waals surface area (Å²) in [4.78, 5) is 10.7. The maximum atomic E-state index is 6.02. The van der Waals surface area contributed by atoms with Crippen molar-refractivity contribution in [1.82, 2.24) is 9.97 Å². The van der Waals surface area contributed by atoms with Crippen LogP contribution in [0.2, 0.25) is 5.15 Å². The van der Waals surface area contributed by atoms with Gasteiger partial charge in [-0.05, 0) is 13.8 Å². The average Bonchev–Trinajstić information content (AvgIpc) is 2.20. The van der Waals surface area contributed by atoms with E-state index in [2.05, 4.69) is 21.8 Å². The largest absolute Gasteiger partial charge is 0.360 e. The lowest BCUT2D eigenvalue weighted by Gasteiger charge is -2.18. The van der Waals surface area contributed by atoms with Gasteiger partial charge in [0.05, 0.1) is 0 Å². The Morgan fingerprint density at radius 1 is 1.29 bits per heavy atom. The molecule has 4 heteroatoms. The molecule has 0 spiro atoms. The molecule has 0 bridgehead atoms. The summed E-state index contributed by atoms with van der Waals surface area (Å²) in [6.07, 6.45) is 0.810. The summed E-state index contributed by atoms with van der Waals surface area (Å²) in [5.41, 5.74) is 0.952. The van der Waals surface area contributed by atoms with Crippen LogP contribution in [0, 0.1) is 6.92 Å². The Kier molecular flexibility index (Phi) is 3.69. The van der Waals surface area contributed by atoms with Crippen molar-refractivity contribution in [2.24, 2.45) is 0 Å². The zero-order valence-electron chi connectivity index (χ0n) is 9.13. The van der Waals surface area contributed by atoms with Crippen LogP contribution < -0.4 is 4.90 Å². The molecule has 0 atom stereocenters. The van der Waals surface area contributed by atoms with Gasteiger partial charge < -0.3 is 4.90 Å². The fourth-order valence-electron chi connectivity index (χ4n) is 1.20. The molecule has 14 heavy (non-hydrogen) atoms. The summed E-state index contributed by atoms with van der Waals surface area (Å²) in [6, 6.07) is 0. The third-order valence-corrected chi connectivity index (χ3v) is 2.63. The Hall–Kier alpha value is -0.830. The van der Waals surface area contributed by atoms with E-state index in [1.54, 1.807) is 0 Å². The van der Waals surface area contributed by atoms with Crippen LogP contribution in [-0.4, -0.2) is 23.6 Å². The molecule has 3 nitrogen and oxygen atoms in total. The summed E-state index contributed by atoms with van der Waals surface area (Å²) in [5.74, 6) is 1.74. The Balaban J connectivity index is 3.20. The van der Waals surface area contributed by atoms with E-state index in [9.17, 15) is 0 Å².